The third-order valence-corrected chi connectivity index (χ3v) is 8.52. The van der Waals surface area contributed by atoms with Crippen molar-refractivity contribution in [2.75, 3.05) is 0 Å². The molecule has 0 aliphatic heterocycles. The van der Waals surface area contributed by atoms with E-state index in [0.29, 0.717) is 40.7 Å². The van der Waals surface area contributed by atoms with E-state index in [1.165, 1.54) is 31.7 Å². The second kappa shape index (κ2) is 9.76. The summed E-state index contributed by atoms with van der Waals surface area (Å²) >= 11 is 14.4. The van der Waals surface area contributed by atoms with Crippen LogP contribution >= 0.6 is 45.9 Å². The van der Waals surface area contributed by atoms with Gasteiger partial charge in [-0.2, -0.15) is 19.0 Å². The highest BCUT2D eigenvalue weighted by atomic mass is 35.5. The summed E-state index contributed by atoms with van der Waals surface area (Å²) in [4.78, 5) is 35.9. The van der Waals surface area contributed by atoms with Crippen LogP contribution in [-0.2, 0) is 0 Å². The van der Waals surface area contributed by atoms with Crippen molar-refractivity contribution in [3.63, 3.8) is 0 Å². The van der Waals surface area contributed by atoms with Gasteiger partial charge in [-0.15, -0.1) is 10.2 Å². The maximum absolute atomic E-state index is 12.9. The van der Waals surface area contributed by atoms with E-state index in [1.54, 1.807) is 36.4 Å². The first kappa shape index (κ1) is 24.8. The lowest BCUT2D eigenvalue weighted by atomic mass is 10.1. The van der Waals surface area contributed by atoms with E-state index in [1.807, 2.05) is 48.5 Å². The smallest absolute Gasteiger partial charge is 0.266 e. The highest BCUT2D eigenvalue weighted by Gasteiger charge is 2.15. The summed E-state index contributed by atoms with van der Waals surface area (Å²) in [6, 6.07) is 21.9. The molecule has 0 atom stereocenters. The summed E-state index contributed by atoms with van der Waals surface area (Å²) in [6.45, 7) is 0. The van der Waals surface area contributed by atoms with Gasteiger partial charge in [0.1, 0.15) is 0 Å². The van der Waals surface area contributed by atoms with Gasteiger partial charge in [-0.25, -0.2) is 0 Å². The van der Waals surface area contributed by atoms with Gasteiger partial charge in [-0.05, 0) is 47.5 Å². The van der Waals surface area contributed by atoms with Gasteiger partial charge >= 0.3 is 0 Å². The Labute approximate surface area is 242 Å². The first-order valence-corrected chi connectivity index (χ1v) is 14.2. The largest absolute Gasteiger partial charge is 0.291 e. The molecular formula is C28H14Cl2N6O2S2. The minimum absolute atomic E-state index is 0.228. The van der Waals surface area contributed by atoms with Crippen LogP contribution in [0.3, 0.4) is 0 Å². The van der Waals surface area contributed by atoms with Gasteiger partial charge in [0.05, 0.1) is 9.06 Å². The molecule has 0 saturated heterocycles. The highest BCUT2D eigenvalue weighted by Crippen LogP contribution is 2.22. The van der Waals surface area contributed by atoms with Crippen LogP contribution in [0.15, 0.2) is 82.4 Å². The van der Waals surface area contributed by atoms with E-state index >= 15 is 0 Å². The Morgan fingerprint density at radius 1 is 0.575 bits per heavy atom. The topological polar surface area (TPSA) is 94.5 Å². The van der Waals surface area contributed by atoms with Gasteiger partial charge < -0.3 is 0 Å². The number of fused-ring (bicyclic) bond motifs is 2. The predicted molar refractivity (Wildman–Crippen MR) is 159 cm³/mol. The van der Waals surface area contributed by atoms with Crippen LogP contribution in [0.1, 0.15) is 11.1 Å². The summed E-state index contributed by atoms with van der Waals surface area (Å²) < 4.78 is 3.71. The lowest BCUT2D eigenvalue weighted by Gasteiger charge is -1.97. The second-order valence-corrected chi connectivity index (χ2v) is 11.7. The fourth-order valence-corrected chi connectivity index (χ4v) is 6.17. The van der Waals surface area contributed by atoms with Crippen LogP contribution in [0.5, 0.6) is 0 Å². The molecule has 0 bridgehead atoms. The molecule has 194 valence electrons. The zero-order valence-corrected chi connectivity index (χ0v) is 23.3. The molecule has 0 fully saturated rings. The molecule has 0 radical (unpaired) electrons. The van der Waals surface area contributed by atoms with Gasteiger partial charge in [0.25, 0.3) is 11.1 Å². The van der Waals surface area contributed by atoms with Crippen molar-refractivity contribution in [1.82, 2.24) is 29.2 Å². The van der Waals surface area contributed by atoms with Crippen molar-refractivity contribution in [3.8, 4) is 22.8 Å². The molecule has 7 rings (SSSR count). The fourth-order valence-electron chi connectivity index (χ4n) is 4.10. The molecule has 8 nitrogen and oxygen atoms in total. The normalized spacial score (nSPS) is 12.8. The first-order chi connectivity index (χ1) is 19.4. The Hall–Kier alpha value is -4.22. The minimum Gasteiger partial charge on any atom is -0.266 e. The van der Waals surface area contributed by atoms with Gasteiger partial charge in [-0.3, -0.25) is 9.59 Å². The molecule has 0 aliphatic carbocycles. The number of thiazole rings is 2. The molecule has 0 aliphatic rings. The average molecular weight is 602 g/mol. The molecule has 12 heteroatoms. The fraction of sp³-hybridized carbons (Fsp3) is 0. The zero-order valence-electron chi connectivity index (χ0n) is 20.2. The third kappa shape index (κ3) is 4.50. The quantitative estimate of drug-likeness (QED) is 0.298. The predicted octanol–water partition coefficient (Wildman–Crippen LogP) is 4.35. The average Bonchev–Trinajstić information content (AvgIpc) is 3.70. The summed E-state index contributed by atoms with van der Waals surface area (Å²) in [5.41, 5.74) is 2.77. The van der Waals surface area contributed by atoms with E-state index in [9.17, 15) is 9.59 Å². The van der Waals surface area contributed by atoms with E-state index in [-0.39, 0.29) is 11.1 Å². The van der Waals surface area contributed by atoms with Gasteiger partial charge in [0.2, 0.25) is 9.92 Å². The Morgan fingerprint density at radius 2 is 0.950 bits per heavy atom. The van der Waals surface area contributed by atoms with Crippen LogP contribution in [-0.4, -0.2) is 29.2 Å². The molecule has 0 amide bonds. The number of hydrogen-bond donors (Lipinski definition) is 0. The number of nitrogens with zero attached hydrogens (tertiary/aromatic N) is 6. The van der Waals surface area contributed by atoms with Crippen molar-refractivity contribution in [3.05, 3.63) is 124 Å². The maximum atomic E-state index is 12.9. The summed E-state index contributed by atoms with van der Waals surface area (Å²) in [6.07, 6.45) is 3.59. The minimum atomic E-state index is -0.228. The monoisotopic (exact) mass is 600 g/mol. The van der Waals surface area contributed by atoms with Gasteiger partial charge in [0, 0.05) is 21.2 Å². The van der Waals surface area contributed by atoms with Crippen molar-refractivity contribution < 1.29 is 0 Å². The first-order valence-electron chi connectivity index (χ1n) is 11.9. The van der Waals surface area contributed by atoms with Crippen LogP contribution in [0.4, 0.5) is 0 Å². The van der Waals surface area contributed by atoms with Gasteiger partial charge in [0.15, 0.2) is 11.6 Å². The standard InChI is InChI=1S/C28H14Cl2N6O2S2/c29-19-9-1-15(2-10-19)13-21-25(37)35-27(39-21)31-23(33-35)17-5-7-18(8-6-17)24-32-28-36(34-24)26(38)22(40-28)14-16-3-11-20(30)12-4-16/h1-14H/b21-13+,22-14+. The van der Waals surface area contributed by atoms with Crippen molar-refractivity contribution >= 4 is 67.9 Å². The lowest BCUT2D eigenvalue weighted by molar-refractivity contribution is 0.935. The number of halogens is 2. The van der Waals surface area contributed by atoms with Crippen molar-refractivity contribution in [2.24, 2.45) is 0 Å². The molecule has 0 saturated carbocycles. The highest BCUT2D eigenvalue weighted by molar-refractivity contribution is 7.15. The van der Waals surface area contributed by atoms with Crippen LogP contribution in [0, 0.1) is 0 Å². The molecule has 0 unspecified atom stereocenters. The summed E-state index contributed by atoms with van der Waals surface area (Å²) in [5, 5.41) is 10.1. The van der Waals surface area contributed by atoms with E-state index in [4.69, 9.17) is 23.2 Å². The molecule has 0 N–H and O–H groups in total. The number of hydrogen-bond acceptors (Lipinski definition) is 8. The summed E-state index contributed by atoms with van der Waals surface area (Å²) in [5.74, 6) is 0.881. The number of rotatable bonds is 4. The molecule has 4 heterocycles. The Kier molecular flexibility index (Phi) is 6.05. The van der Waals surface area contributed by atoms with Crippen molar-refractivity contribution in [2.45, 2.75) is 0 Å². The van der Waals surface area contributed by atoms with E-state index < -0.39 is 0 Å². The number of aromatic nitrogens is 6. The molecule has 7 aromatic rings. The van der Waals surface area contributed by atoms with Gasteiger partial charge in [-0.1, -0.05) is 94.4 Å². The van der Waals surface area contributed by atoms with E-state index in [2.05, 4.69) is 20.2 Å². The van der Waals surface area contributed by atoms with E-state index in [0.717, 1.165) is 22.3 Å². The lowest BCUT2D eigenvalue weighted by Crippen LogP contribution is -2.23. The Morgan fingerprint density at radius 3 is 1.30 bits per heavy atom. The molecule has 40 heavy (non-hydrogen) atoms. The Balaban J connectivity index is 1.16. The molecule has 3 aromatic carbocycles. The number of benzene rings is 3. The zero-order chi connectivity index (χ0) is 27.4. The molecular weight excluding hydrogens is 587 g/mol. The van der Waals surface area contributed by atoms with Crippen LogP contribution in [0.2, 0.25) is 10.0 Å². The maximum Gasteiger partial charge on any atom is 0.291 e. The second-order valence-electron chi connectivity index (χ2n) is 8.77. The molecule has 0 spiro atoms. The Bertz CT molecular complexity index is 2110. The third-order valence-electron chi connectivity index (χ3n) is 6.10. The van der Waals surface area contributed by atoms with Crippen LogP contribution < -0.4 is 20.2 Å². The summed E-state index contributed by atoms with van der Waals surface area (Å²) in [7, 11) is 0. The van der Waals surface area contributed by atoms with Crippen molar-refractivity contribution in [1.29, 1.82) is 0 Å². The molecule has 4 aromatic heterocycles. The van der Waals surface area contributed by atoms with Crippen LogP contribution in [0.25, 0.3) is 44.8 Å². The SMILES string of the molecule is O=c1/c(=C\c2ccc(Cl)cc2)sc2nc(-c3ccc(-c4nc5s/c(=C/c6ccc(Cl)cc6)c(=O)n5n4)cc3)nn12.